The maximum absolute atomic E-state index is 13.5. The smallest absolute Gasteiger partial charge is 0.353 e. The number of benzene rings is 2. The average molecular weight is 500 g/mol. The zero-order valence-corrected chi connectivity index (χ0v) is 20.2. The van der Waals surface area contributed by atoms with Crippen LogP contribution in [0.5, 0.6) is 5.75 Å². The Morgan fingerprint density at radius 1 is 1.17 bits per heavy atom. The third kappa shape index (κ3) is 5.17. The fraction of sp³-hybridized carbons (Fsp3) is 0.333. The van der Waals surface area contributed by atoms with Gasteiger partial charge in [0.05, 0.1) is 31.9 Å². The molecule has 2 heterocycles. The molecule has 0 saturated heterocycles. The van der Waals surface area contributed by atoms with E-state index in [4.69, 9.17) is 26.9 Å². The molecular weight excluding hydrogens is 474 g/mol. The second-order valence-electron chi connectivity index (χ2n) is 8.34. The number of aromatic nitrogens is 3. The van der Waals surface area contributed by atoms with E-state index in [0.717, 1.165) is 39.0 Å². The Morgan fingerprint density at radius 2 is 1.91 bits per heavy atom. The van der Waals surface area contributed by atoms with Crippen molar-refractivity contribution in [3.05, 3.63) is 85.2 Å². The van der Waals surface area contributed by atoms with Crippen molar-refractivity contribution in [3.63, 3.8) is 0 Å². The summed E-state index contributed by atoms with van der Waals surface area (Å²) >= 11 is 6.00. The molecule has 184 valence electrons. The standard InChI is InChI=1S/C24H26ClN5O5/c1-15(21(31)34-2)13-29-23(32)28(14-16-5-7-18(25)8-6-16)22(30(26)24(29)33)27-19-9-10-20-17(12-19)4-3-11-35-20/h5-10,12,15H,3-4,11,13-14,26H2,1-2H3/t15-/m0/s1. The first-order valence-corrected chi connectivity index (χ1v) is 11.5. The summed E-state index contributed by atoms with van der Waals surface area (Å²) in [6.45, 7) is 2.11. The largest absolute Gasteiger partial charge is 0.493 e. The number of nitrogen functional groups attached to an aromatic ring is 1. The van der Waals surface area contributed by atoms with Gasteiger partial charge in [-0.15, -0.1) is 0 Å². The van der Waals surface area contributed by atoms with E-state index < -0.39 is 23.3 Å². The maximum atomic E-state index is 13.5. The fourth-order valence-electron chi connectivity index (χ4n) is 3.92. The van der Waals surface area contributed by atoms with Crippen molar-refractivity contribution < 1.29 is 14.3 Å². The highest BCUT2D eigenvalue weighted by Crippen LogP contribution is 2.28. The number of ether oxygens (including phenoxy) is 2. The van der Waals surface area contributed by atoms with Gasteiger partial charge in [-0.1, -0.05) is 30.7 Å². The van der Waals surface area contributed by atoms with Crippen LogP contribution in [-0.2, 0) is 29.0 Å². The van der Waals surface area contributed by atoms with Gasteiger partial charge in [-0.05, 0) is 54.3 Å². The van der Waals surface area contributed by atoms with E-state index in [1.165, 1.54) is 11.7 Å². The lowest BCUT2D eigenvalue weighted by Gasteiger charge is -2.18. The van der Waals surface area contributed by atoms with E-state index in [1.807, 2.05) is 12.1 Å². The summed E-state index contributed by atoms with van der Waals surface area (Å²) in [6.07, 6.45) is 1.73. The Morgan fingerprint density at radius 3 is 2.63 bits per heavy atom. The maximum Gasteiger partial charge on any atom is 0.353 e. The molecule has 1 aliphatic heterocycles. The lowest BCUT2D eigenvalue weighted by molar-refractivity contribution is -0.145. The summed E-state index contributed by atoms with van der Waals surface area (Å²) < 4.78 is 13.4. The Balaban J connectivity index is 1.90. The molecule has 1 aliphatic rings. The molecule has 3 aromatic rings. The SMILES string of the molecule is COC(=O)[C@@H](C)Cn1c(=O)n(N)c(=Nc2ccc3c(c2)CCCO3)n(Cc2ccc(Cl)cc2)c1=O. The predicted octanol–water partition coefficient (Wildman–Crippen LogP) is 1.59. The summed E-state index contributed by atoms with van der Waals surface area (Å²) in [7, 11) is 1.25. The Labute approximate surface area is 205 Å². The lowest BCUT2D eigenvalue weighted by Crippen LogP contribution is -2.58. The monoisotopic (exact) mass is 499 g/mol. The number of esters is 1. The number of nitrogens with two attached hydrogens (primary N) is 1. The first-order valence-electron chi connectivity index (χ1n) is 11.1. The molecule has 0 aliphatic carbocycles. The number of carbonyl (C=O) groups excluding carboxylic acids is 1. The van der Waals surface area contributed by atoms with Crippen molar-refractivity contribution in [1.29, 1.82) is 0 Å². The molecular formula is C24H26ClN5O5. The minimum atomic E-state index is -0.793. The molecule has 0 amide bonds. The van der Waals surface area contributed by atoms with E-state index in [9.17, 15) is 14.4 Å². The number of hydrogen-bond acceptors (Lipinski definition) is 7. The predicted molar refractivity (Wildman–Crippen MR) is 130 cm³/mol. The van der Waals surface area contributed by atoms with Gasteiger partial charge >= 0.3 is 17.3 Å². The summed E-state index contributed by atoms with van der Waals surface area (Å²) in [5, 5.41) is 0.549. The van der Waals surface area contributed by atoms with Crippen LogP contribution < -0.4 is 27.6 Å². The second-order valence-corrected chi connectivity index (χ2v) is 8.77. The van der Waals surface area contributed by atoms with Crippen LogP contribution in [-0.4, -0.2) is 33.5 Å². The number of aryl methyl sites for hydroxylation is 1. The van der Waals surface area contributed by atoms with Crippen molar-refractivity contribution >= 4 is 23.3 Å². The highest BCUT2D eigenvalue weighted by molar-refractivity contribution is 6.30. The van der Waals surface area contributed by atoms with Gasteiger partial charge in [-0.25, -0.2) is 19.1 Å². The van der Waals surface area contributed by atoms with Gasteiger partial charge in [-0.2, -0.15) is 4.68 Å². The average Bonchev–Trinajstić information content (AvgIpc) is 2.87. The van der Waals surface area contributed by atoms with Gasteiger partial charge in [-0.3, -0.25) is 9.36 Å². The summed E-state index contributed by atoms with van der Waals surface area (Å²) in [4.78, 5) is 43.1. The summed E-state index contributed by atoms with van der Waals surface area (Å²) in [5.41, 5.74) is 0.790. The molecule has 0 spiro atoms. The van der Waals surface area contributed by atoms with E-state index in [0.29, 0.717) is 17.3 Å². The minimum Gasteiger partial charge on any atom is -0.493 e. The van der Waals surface area contributed by atoms with Gasteiger partial charge in [0.1, 0.15) is 5.75 Å². The molecule has 0 unspecified atom stereocenters. The quantitative estimate of drug-likeness (QED) is 0.406. The normalized spacial score (nSPS) is 14.2. The van der Waals surface area contributed by atoms with Crippen LogP contribution in [0.2, 0.25) is 5.02 Å². The molecule has 4 rings (SSSR count). The third-order valence-corrected chi connectivity index (χ3v) is 6.04. The van der Waals surface area contributed by atoms with Gasteiger partial charge in [0.15, 0.2) is 0 Å². The lowest BCUT2D eigenvalue weighted by atomic mass is 10.1. The van der Waals surface area contributed by atoms with E-state index in [-0.39, 0.29) is 18.7 Å². The van der Waals surface area contributed by atoms with Crippen LogP contribution >= 0.6 is 11.6 Å². The number of carbonyl (C=O) groups is 1. The summed E-state index contributed by atoms with van der Waals surface area (Å²) in [6, 6.07) is 12.4. The van der Waals surface area contributed by atoms with E-state index in [1.54, 1.807) is 37.3 Å². The van der Waals surface area contributed by atoms with Crippen LogP contribution in [0.3, 0.4) is 0 Å². The molecule has 1 atom stereocenters. The molecule has 2 N–H and O–H groups in total. The number of halogens is 1. The molecule has 0 saturated carbocycles. The van der Waals surface area contributed by atoms with Crippen LogP contribution in [0.1, 0.15) is 24.5 Å². The van der Waals surface area contributed by atoms with Crippen molar-refractivity contribution in [2.75, 3.05) is 19.6 Å². The van der Waals surface area contributed by atoms with Gasteiger partial charge in [0.2, 0.25) is 5.62 Å². The molecule has 2 aromatic carbocycles. The summed E-state index contributed by atoms with van der Waals surface area (Å²) in [5.74, 6) is 5.68. The molecule has 11 heteroatoms. The highest BCUT2D eigenvalue weighted by atomic mass is 35.5. The van der Waals surface area contributed by atoms with Crippen LogP contribution in [0.4, 0.5) is 5.69 Å². The van der Waals surface area contributed by atoms with Gasteiger partial charge < -0.3 is 15.3 Å². The van der Waals surface area contributed by atoms with Crippen LogP contribution in [0.15, 0.2) is 57.0 Å². The Kier molecular flexibility index (Phi) is 7.11. The number of hydrogen-bond donors (Lipinski definition) is 1. The molecule has 0 radical (unpaired) electrons. The van der Waals surface area contributed by atoms with Crippen molar-refractivity contribution in [2.45, 2.75) is 32.9 Å². The zero-order valence-electron chi connectivity index (χ0n) is 19.4. The Bertz CT molecular complexity index is 1440. The minimum absolute atomic E-state index is 0.0337. The second kappa shape index (κ2) is 10.2. The van der Waals surface area contributed by atoms with Crippen molar-refractivity contribution in [3.8, 4) is 5.75 Å². The van der Waals surface area contributed by atoms with Crippen LogP contribution in [0.25, 0.3) is 0 Å². The molecule has 35 heavy (non-hydrogen) atoms. The third-order valence-electron chi connectivity index (χ3n) is 5.79. The zero-order chi connectivity index (χ0) is 25.1. The van der Waals surface area contributed by atoms with Crippen molar-refractivity contribution in [2.24, 2.45) is 10.9 Å². The number of fused-ring (bicyclic) bond motifs is 1. The fourth-order valence-corrected chi connectivity index (χ4v) is 4.05. The highest BCUT2D eigenvalue weighted by Gasteiger charge is 2.20. The first-order chi connectivity index (χ1) is 16.8. The molecule has 1 aromatic heterocycles. The number of methoxy groups -OCH3 is 1. The topological polar surface area (TPSA) is 123 Å². The number of nitrogens with zero attached hydrogens (tertiary/aromatic N) is 4. The van der Waals surface area contributed by atoms with Gasteiger partial charge in [0.25, 0.3) is 0 Å². The molecule has 10 nitrogen and oxygen atoms in total. The first kappa shape index (κ1) is 24.3. The van der Waals surface area contributed by atoms with Crippen molar-refractivity contribution in [1.82, 2.24) is 13.8 Å². The molecule has 0 fully saturated rings. The Hall–Kier alpha value is -3.79. The van der Waals surface area contributed by atoms with E-state index in [2.05, 4.69) is 4.99 Å². The molecule has 0 bridgehead atoms. The van der Waals surface area contributed by atoms with Crippen LogP contribution in [0, 0.1) is 5.92 Å². The number of rotatable bonds is 6. The van der Waals surface area contributed by atoms with E-state index >= 15 is 0 Å². The van der Waals surface area contributed by atoms with Gasteiger partial charge in [0, 0.05) is 11.6 Å².